The summed E-state index contributed by atoms with van der Waals surface area (Å²) < 4.78 is 4.73. The first-order valence-electron chi connectivity index (χ1n) is 5.65. The van der Waals surface area contributed by atoms with E-state index in [1.165, 1.54) is 4.90 Å². The summed E-state index contributed by atoms with van der Waals surface area (Å²) in [6.45, 7) is 4.76. The molecule has 1 aliphatic heterocycles. The van der Waals surface area contributed by atoms with Gasteiger partial charge < -0.3 is 4.74 Å². The van der Waals surface area contributed by atoms with Crippen molar-refractivity contribution in [2.24, 2.45) is 5.92 Å². The van der Waals surface area contributed by atoms with Gasteiger partial charge in [-0.3, -0.25) is 4.79 Å². The molecule has 86 valence electrons. The van der Waals surface area contributed by atoms with Crippen molar-refractivity contribution in [3.8, 4) is 0 Å². The lowest BCUT2D eigenvalue weighted by Gasteiger charge is -2.16. The molecular weight excluding hydrogens is 194 g/mol. The molecule has 0 radical (unpaired) electrons. The van der Waals surface area contributed by atoms with E-state index in [2.05, 4.69) is 6.92 Å². The number of carbonyl (C=O) groups excluding carboxylic acids is 2. The number of rotatable bonds is 5. The van der Waals surface area contributed by atoms with E-state index in [1.54, 1.807) is 0 Å². The fourth-order valence-electron chi connectivity index (χ4n) is 1.68. The number of amides is 2. The van der Waals surface area contributed by atoms with Crippen molar-refractivity contribution in [1.29, 1.82) is 0 Å². The zero-order valence-electron chi connectivity index (χ0n) is 9.49. The number of unbranched alkanes of at least 4 members (excludes halogenated alkanes) is 2. The molecule has 4 nitrogen and oxygen atoms in total. The predicted molar refractivity (Wildman–Crippen MR) is 56.4 cm³/mol. The lowest BCUT2D eigenvalue weighted by Crippen LogP contribution is -2.35. The molecule has 0 aliphatic carbocycles. The summed E-state index contributed by atoms with van der Waals surface area (Å²) in [5.41, 5.74) is 0. The Balaban J connectivity index is 2.35. The van der Waals surface area contributed by atoms with Crippen molar-refractivity contribution >= 4 is 12.0 Å². The third-order valence-electron chi connectivity index (χ3n) is 2.69. The van der Waals surface area contributed by atoms with Gasteiger partial charge in [0.2, 0.25) is 5.91 Å². The summed E-state index contributed by atoms with van der Waals surface area (Å²) in [6, 6.07) is 0. The van der Waals surface area contributed by atoms with Crippen LogP contribution in [0.1, 0.15) is 39.5 Å². The number of hydrogen-bond acceptors (Lipinski definition) is 3. The Morgan fingerprint density at radius 3 is 2.80 bits per heavy atom. The molecule has 2 amide bonds. The predicted octanol–water partition coefficient (Wildman–Crippen LogP) is 2.18. The van der Waals surface area contributed by atoms with Gasteiger partial charge in [-0.05, 0) is 6.42 Å². The Morgan fingerprint density at radius 1 is 1.53 bits per heavy atom. The maximum atomic E-state index is 11.8. The Labute approximate surface area is 90.6 Å². The van der Waals surface area contributed by atoms with E-state index >= 15 is 0 Å². The Kier molecular flexibility index (Phi) is 4.59. The number of hydrogen-bond donors (Lipinski definition) is 0. The highest BCUT2D eigenvalue weighted by atomic mass is 16.6. The van der Waals surface area contributed by atoms with E-state index in [-0.39, 0.29) is 11.8 Å². The van der Waals surface area contributed by atoms with Crippen LogP contribution in [0.2, 0.25) is 0 Å². The monoisotopic (exact) mass is 213 g/mol. The second-order valence-corrected chi connectivity index (χ2v) is 4.00. The minimum Gasteiger partial charge on any atom is -0.447 e. The molecule has 1 aliphatic rings. The number of ether oxygens (including phenoxy) is 1. The van der Waals surface area contributed by atoms with Crippen LogP contribution >= 0.6 is 0 Å². The second kappa shape index (κ2) is 5.73. The van der Waals surface area contributed by atoms with Crippen LogP contribution in [0.3, 0.4) is 0 Å². The van der Waals surface area contributed by atoms with Crippen LogP contribution < -0.4 is 0 Å². The molecule has 0 N–H and O–H groups in total. The van der Waals surface area contributed by atoms with E-state index in [9.17, 15) is 9.59 Å². The van der Waals surface area contributed by atoms with Gasteiger partial charge in [-0.2, -0.15) is 0 Å². The number of nitrogens with zero attached hydrogens (tertiary/aromatic N) is 1. The average molecular weight is 213 g/mol. The van der Waals surface area contributed by atoms with E-state index in [0.717, 1.165) is 25.7 Å². The summed E-state index contributed by atoms with van der Waals surface area (Å²) >= 11 is 0. The minimum atomic E-state index is -0.484. The molecule has 4 heteroatoms. The van der Waals surface area contributed by atoms with Gasteiger partial charge in [0.15, 0.2) is 0 Å². The highest BCUT2D eigenvalue weighted by Crippen LogP contribution is 2.15. The van der Waals surface area contributed by atoms with Crippen LogP contribution in [0.15, 0.2) is 0 Å². The Morgan fingerprint density at radius 2 is 2.27 bits per heavy atom. The van der Waals surface area contributed by atoms with Gasteiger partial charge in [0.05, 0.1) is 6.54 Å². The van der Waals surface area contributed by atoms with Crippen LogP contribution in [-0.4, -0.2) is 30.1 Å². The van der Waals surface area contributed by atoms with Gasteiger partial charge in [0, 0.05) is 5.92 Å². The van der Waals surface area contributed by atoms with Gasteiger partial charge >= 0.3 is 6.09 Å². The smallest absolute Gasteiger partial charge is 0.416 e. The standard InChI is InChI=1S/C11H19NO3/c1-3-4-5-6-9(2)10(13)12-7-8-15-11(12)14/h9H,3-8H2,1-2H3. The van der Waals surface area contributed by atoms with Gasteiger partial charge in [-0.25, -0.2) is 9.69 Å². The Bertz CT molecular complexity index is 240. The Hall–Kier alpha value is -1.06. The zero-order chi connectivity index (χ0) is 11.3. The largest absolute Gasteiger partial charge is 0.447 e. The van der Waals surface area contributed by atoms with Crippen LogP contribution in [0.25, 0.3) is 0 Å². The quantitative estimate of drug-likeness (QED) is 0.657. The van der Waals surface area contributed by atoms with Crippen LogP contribution in [0.4, 0.5) is 4.79 Å². The summed E-state index contributed by atoms with van der Waals surface area (Å²) in [5.74, 6) is -0.157. The molecular formula is C11H19NO3. The molecule has 1 rings (SSSR count). The number of imide groups is 1. The van der Waals surface area contributed by atoms with Crippen molar-refractivity contribution in [2.45, 2.75) is 39.5 Å². The molecule has 1 unspecified atom stereocenters. The summed E-state index contributed by atoms with van der Waals surface area (Å²) in [6.07, 6.45) is 3.71. The van der Waals surface area contributed by atoms with E-state index in [4.69, 9.17) is 4.74 Å². The molecule has 0 aromatic heterocycles. The normalized spacial score (nSPS) is 17.7. The van der Waals surface area contributed by atoms with E-state index in [0.29, 0.717) is 13.2 Å². The molecule has 1 atom stereocenters. The molecule has 0 aromatic rings. The SMILES string of the molecule is CCCCCC(C)C(=O)N1CCOC1=O. The molecule has 0 spiro atoms. The topological polar surface area (TPSA) is 46.6 Å². The fourth-order valence-corrected chi connectivity index (χ4v) is 1.68. The first kappa shape index (κ1) is 12.0. The minimum absolute atomic E-state index is 0.0674. The van der Waals surface area contributed by atoms with Gasteiger partial charge in [0.25, 0.3) is 0 Å². The summed E-state index contributed by atoms with van der Waals surface area (Å²) in [4.78, 5) is 24.1. The van der Waals surface area contributed by atoms with E-state index < -0.39 is 6.09 Å². The zero-order valence-corrected chi connectivity index (χ0v) is 9.49. The van der Waals surface area contributed by atoms with Crippen molar-refractivity contribution < 1.29 is 14.3 Å². The highest BCUT2D eigenvalue weighted by molar-refractivity contribution is 5.94. The van der Waals surface area contributed by atoms with Gasteiger partial charge in [0.1, 0.15) is 6.61 Å². The summed E-state index contributed by atoms with van der Waals surface area (Å²) in [5, 5.41) is 0. The molecule has 0 bridgehead atoms. The first-order valence-corrected chi connectivity index (χ1v) is 5.65. The number of cyclic esters (lactones) is 1. The maximum Gasteiger partial charge on any atom is 0.416 e. The van der Waals surface area contributed by atoms with Crippen molar-refractivity contribution in [3.05, 3.63) is 0 Å². The summed E-state index contributed by atoms with van der Waals surface area (Å²) in [7, 11) is 0. The van der Waals surface area contributed by atoms with Gasteiger partial charge in [-0.15, -0.1) is 0 Å². The number of carbonyl (C=O) groups is 2. The van der Waals surface area contributed by atoms with Crippen molar-refractivity contribution in [2.75, 3.05) is 13.2 Å². The molecule has 1 fully saturated rings. The molecule has 1 heterocycles. The highest BCUT2D eigenvalue weighted by Gasteiger charge is 2.30. The van der Waals surface area contributed by atoms with Crippen LogP contribution in [0.5, 0.6) is 0 Å². The van der Waals surface area contributed by atoms with E-state index in [1.807, 2.05) is 6.92 Å². The average Bonchev–Trinajstić information content (AvgIpc) is 2.63. The lowest BCUT2D eigenvalue weighted by atomic mass is 10.0. The second-order valence-electron chi connectivity index (χ2n) is 4.00. The van der Waals surface area contributed by atoms with Crippen LogP contribution in [-0.2, 0) is 9.53 Å². The first-order chi connectivity index (χ1) is 7.16. The lowest BCUT2D eigenvalue weighted by molar-refractivity contribution is -0.131. The van der Waals surface area contributed by atoms with Crippen molar-refractivity contribution in [3.63, 3.8) is 0 Å². The molecule has 15 heavy (non-hydrogen) atoms. The molecule has 0 aromatic carbocycles. The fraction of sp³-hybridized carbons (Fsp3) is 0.818. The van der Waals surface area contributed by atoms with Crippen molar-refractivity contribution in [1.82, 2.24) is 4.90 Å². The third-order valence-corrected chi connectivity index (χ3v) is 2.69. The maximum absolute atomic E-state index is 11.8. The van der Waals surface area contributed by atoms with Crippen LogP contribution in [0, 0.1) is 5.92 Å². The molecule has 0 saturated carbocycles. The van der Waals surface area contributed by atoms with Gasteiger partial charge in [-0.1, -0.05) is 33.1 Å². The third kappa shape index (κ3) is 3.22. The molecule has 1 saturated heterocycles.